The van der Waals surface area contributed by atoms with Gasteiger partial charge in [-0.05, 0) is 35.9 Å². The predicted molar refractivity (Wildman–Crippen MR) is 92.4 cm³/mol. The second-order valence-corrected chi connectivity index (χ2v) is 7.70. The molecule has 10 heteroatoms. The highest BCUT2D eigenvalue weighted by Gasteiger charge is 2.34. The highest BCUT2D eigenvalue weighted by atomic mass is 35.5. The van der Waals surface area contributed by atoms with Gasteiger partial charge in [-0.1, -0.05) is 17.7 Å². The molecule has 0 aliphatic heterocycles. The topological polar surface area (TPSA) is 72.2 Å². The number of benzene rings is 1. The summed E-state index contributed by atoms with van der Waals surface area (Å²) in [4.78, 5) is 3.67. The van der Waals surface area contributed by atoms with E-state index in [1.54, 1.807) is 18.2 Å². The van der Waals surface area contributed by atoms with Crippen LogP contribution in [0.4, 0.5) is 13.2 Å². The zero-order valence-electron chi connectivity index (χ0n) is 13.5. The van der Waals surface area contributed by atoms with Crippen LogP contribution < -0.4 is 4.72 Å². The van der Waals surface area contributed by atoms with Crippen LogP contribution in [-0.2, 0) is 22.7 Å². The number of nitrogens with zero attached hydrogens (tertiary/aromatic N) is 1. The van der Waals surface area contributed by atoms with Crippen LogP contribution in [0.2, 0.25) is 5.02 Å². The van der Waals surface area contributed by atoms with Crippen molar-refractivity contribution >= 4 is 21.6 Å². The number of furan rings is 1. The Balaban J connectivity index is 1.75. The lowest BCUT2D eigenvalue weighted by Crippen LogP contribution is -2.23. The molecule has 2 aromatic heterocycles. The number of halogens is 4. The molecule has 0 saturated heterocycles. The average molecular weight is 417 g/mol. The number of hydrogen-bond donors (Lipinski definition) is 1. The summed E-state index contributed by atoms with van der Waals surface area (Å²) in [5.74, 6) is 0. The molecule has 0 bridgehead atoms. The molecular formula is C17H12ClF3N2O3S. The zero-order valence-corrected chi connectivity index (χ0v) is 15.1. The molecule has 0 aliphatic carbocycles. The van der Waals surface area contributed by atoms with E-state index in [1.807, 2.05) is 0 Å². The molecule has 0 fully saturated rings. The summed E-state index contributed by atoms with van der Waals surface area (Å²) in [6.07, 6.45) is -0.271. The van der Waals surface area contributed by atoms with E-state index in [0.29, 0.717) is 17.3 Å². The third kappa shape index (κ3) is 4.49. The summed E-state index contributed by atoms with van der Waals surface area (Å²) in [5, 5.41) is -0.569. The Kier molecular flexibility index (Phi) is 5.27. The summed E-state index contributed by atoms with van der Waals surface area (Å²) >= 11 is 5.51. The Labute approximate surface area is 157 Å². The van der Waals surface area contributed by atoms with E-state index >= 15 is 0 Å². The van der Waals surface area contributed by atoms with Gasteiger partial charge in [-0.25, -0.2) is 13.1 Å². The third-order valence-electron chi connectivity index (χ3n) is 3.66. The quantitative estimate of drug-likeness (QED) is 0.665. The molecule has 0 aliphatic rings. The molecule has 0 spiro atoms. The first-order valence-electron chi connectivity index (χ1n) is 7.51. The second-order valence-electron chi connectivity index (χ2n) is 5.53. The van der Waals surface area contributed by atoms with E-state index in [9.17, 15) is 21.6 Å². The van der Waals surface area contributed by atoms with Crippen molar-refractivity contribution in [3.05, 3.63) is 71.3 Å². The van der Waals surface area contributed by atoms with Gasteiger partial charge >= 0.3 is 6.18 Å². The Bertz CT molecular complexity index is 1030. The number of aromatic nitrogens is 1. The maximum absolute atomic E-state index is 12.9. The molecule has 3 aromatic rings. The van der Waals surface area contributed by atoms with Crippen LogP contribution in [0.3, 0.4) is 0 Å². The van der Waals surface area contributed by atoms with Crippen LogP contribution >= 0.6 is 11.6 Å². The second kappa shape index (κ2) is 7.34. The van der Waals surface area contributed by atoms with E-state index in [2.05, 4.69) is 9.71 Å². The minimum atomic E-state index is -4.75. The van der Waals surface area contributed by atoms with Gasteiger partial charge in [0.2, 0.25) is 10.0 Å². The number of pyridine rings is 1. The van der Waals surface area contributed by atoms with Gasteiger partial charge in [0, 0.05) is 18.3 Å². The fourth-order valence-electron chi connectivity index (χ4n) is 2.26. The lowest BCUT2D eigenvalue weighted by atomic mass is 10.2. The Morgan fingerprint density at radius 3 is 2.52 bits per heavy atom. The van der Waals surface area contributed by atoms with Crippen molar-refractivity contribution in [2.24, 2.45) is 0 Å². The van der Waals surface area contributed by atoms with E-state index in [4.69, 9.17) is 16.0 Å². The standard InChI is InChI=1S/C17H12ClF3N2O3S/c18-15-3-2-13(7-14(15)17(19,20)21)27(24,25)23-9-11-1-4-16(22-8-11)12-5-6-26-10-12/h1-8,10,23H,9H2. The molecule has 3 rings (SSSR count). The maximum atomic E-state index is 12.9. The van der Waals surface area contributed by atoms with Crippen LogP contribution in [-0.4, -0.2) is 13.4 Å². The molecule has 0 saturated carbocycles. The molecule has 2 heterocycles. The Morgan fingerprint density at radius 2 is 1.93 bits per heavy atom. The molecule has 0 unspecified atom stereocenters. The Hall–Kier alpha value is -2.36. The van der Waals surface area contributed by atoms with Crippen molar-refractivity contribution in [1.29, 1.82) is 0 Å². The Morgan fingerprint density at radius 1 is 1.15 bits per heavy atom. The van der Waals surface area contributed by atoms with E-state index < -0.39 is 31.7 Å². The predicted octanol–water partition coefficient (Wildman–Crippen LogP) is 4.49. The highest BCUT2D eigenvalue weighted by Crippen LogP contribution is 2.35. The molecule has 1 N–H and O–H groups in total. The van der Waals surface area contributed by atoms with E-state index in [0.717, 1.165) is 17.7 Å². The lowest BCUT2D eigenvalue weighted by Gasteiger charge is -2.12. The molecular weight excluding hydrogens is 405 g/mol. The number of alkyl halides is 3. The molecule has 1 aromatic carbocycles. The highest BCUT2D eigenvalue weighted by molar-refractivity contribution is 7.89. The molecule has 0 radical (unpaired) electrons. The summed E-state index contributed by atoms with van der Waals surface area (Å²) in [6.45, 7) is -0.134. The van der Waals surface area contributed by atoms with Crippen molar-refractivity contribution in [3.8, 4) is 11.3 Å². The van der Waals surface area contributed by atoms with Crippen molar-refractivity contribution in [1.82, 2.24) is 9.71 Å². The van der Waals surface area contributed by atoms with Crippen LogP contribution in [0.5, 0.6) is 0 Å². The lowest BCUT2D eigenvalue weighted by molar-refractivity contribution is -0.137. The van der Waals surface area contributed by atoms with Gasteiger partial charge in [0.05, 0.1) is 33.7 Å². The summed E-state index contributed by atoms with van der Waals surface area (Å²) in [7, 11) is -4.16. The maximum Gasteiger partial charge on any atom is 0.417 e. The van der Waals surface area contributed by atoms with Crippen LogP contribution in [0.25, 0.3) is 11.3 Å². The van der Waals surface area contributed by atoms with Crippen LogP contribution in [0, 0.1) is 0 Å². The van der Waals surface area contributed by atoms with Crippen LogP contribution in [0.15, 0.2) is 64.4 Å². The molecule has 0 amide bonds. The van der Waals surface area contributed by atoms with Crippen molar-refractivity contribution in [3.63, 3.8) is 0 Å². The molecule has 0 atom stereocenters. The van der Waals surface area contributed by atoms with E-state index in [1.165, 1.54) is 18.7 Å². The van der Waals surface area contributed by atoms with E-state index in [-0.39, 0.29) is 6.54 Å². The van der Waals surface area contributed by atoms with Crippen molar-refractivity contribution in [2.45, 2.75) is 17.6 Å². The smallest absolute Gasteiger partial charge is 0.417 e. The minimum Gasteiger partial charge on any atom is -0.472 e. The van der Waals surface area contributed by atoms with Gasteiger partial charge in [0.1, 0.15) is 0 Å². The summed E-state index contributed by atoms with van der Waals surface area (Å²) in [6, 6.07) is 7.48. The van der Waals surface area contributed by atoms with Gasteiger partial charge < -0.3 is 4.42 Å². The average Bonchev–Trinajstić information content (AvgIpc) is 3.14. The number of nitrogens with one attached hydrogen (secondary N) is 1. The number of hydrogen-bond acceptors (Lipinski definition) is 4. The zero-order chi connectivity index (χ0) is 19.7. The van der Waals surface area contributed by atoms with Crippen molar-refractivity contribution in [2.75, 3.05) is 0 Å². The van der Waals surface area contributed by atoms with Crippen molar-refractivity contribution < 1.29 is 26.0 Å². The number of rotatable bonds is 5. The molecule has 142 valence electrons. The summed E-state index contributed by atoms with van der Waals surface area (Å²) in [5.41, 5.74) is 0.736. The fourth-order valence-corrected chi connectivity index (χ4v) is 3.53. The first kappa shape index (κ1) is 19.4. The largest absolute Gasteiger partial charge is 0.472 e. The first-order chi connectivity index (χ1) is 12.7. The first-order valence-corrected chi connectivity index (χ1v) is 9.37. The summed E-state index contributed by atoms with van der Waals surface area (Å²) < 4.78 is 70.5. The monoisotopic (exact) mass is 416 g/mol. The normalized spacial score (nSPS) is 12.3. The van der Waals surface area contributed by atoms with Gasteiger partial charge in [-0.2, -0.15) is 13.2 Å². The molecule has 5 nitrogen and oxygen atoms in total. The third-order valence-corrected chi connectivity index (χ3v) is 5.39. The molecule has 27 heavy (non-hydrogen) atoms. The van der Waals surface area contributed by atoms with Crippen LogP contribution in [0.1, 0.15) is 11.1 Å². The van der Waals surface area contributed by atoms with Gasteiger partial charge in [-0.3, -0.25) is 4.98 Å². The van der Waals surface area contributed by atoms with Gasteiger partial charge in [0.25, 0.3) is 0 Å². The fraction of sp³-hybridized carbons (Fsp3) is 0.118. The number of sulfonamides is 1. The van der Waals surface area contributed by atoms with Gasteiger partial charge in [-0.15, -0.1) is 0 Å². The minimum absolute atomic E-state index is 0.134. The SMILES string of the molecule is O=S(=O)(NCc1ccc(-c2ccoc2)nc1)c1ccc(Cl)c(C(F)(F)F)c1. The van der Waals surface area contributed by atoms with Gasteiger partial charge in [0.15, 0.2) is 0 Å².